The van der Waals surface area contributed by atoms with Crippen LogP contribution in [0.5, 0.6) is 0 Å². The van der Waals surface area contributed by atoms with Crippen molar-refractivity contribution in [3.05, 3.63) is 12.2 Å². The molecule has 0 atom stereocenters. The van der Waals surface area contributed by atoms with Crippen molar-refractivity contribution in [3.8, 4) is 0 Å². The molecule has 2 fully saturated rings. The molecule has 1 saturated carbocycles. The largest absolute Gasteiger partial charge is 0.357 e. The van der Waals surface area contributed by atoms with Gasteiger partial charge in [0.25, 0.3) is 0 Å². The van der Waals surface area contributed by atoms with Gasteiger partial charge in [-0.1, -0.05) is 12.8 Å². The number of nitrogens with zero attached hydrogens (tertiary/aromatic N) is 5. The third-order valence-electron chi connectivity index (χ3n) is 4.91. The minimum absolute atomic E-state index is 0. The van der Waals surface area contributed by atoms with E-state index in [-0.39, 0.29) is 24.0 Å². The van der Waals surface area contributed by atoms with Crippen LogP contribution in [0.2, 0.25) is 0 Å². The van der Waals surface area contributed by atoms with Crippen LogP contribution in [0.4, 0.5) is 0 Å². The lowest BCUT2D eigenvalue weighted by molar-refractivity contribution is 0.309. The minimum atomic E-state index is 0. The fourth-order valence-corrected chi connectivity index (χ4v) is 3.68. The third-order valence-corrected chi connectivity index (χ3v) is 4.91. The van der Waals surface area contributed by atoms with Crippen molar-refractivity contribution in [1.29, 1.82) is 0 Å². The van der Waals surface area contributed by atoms with E-state index in [1.54, 1.807) is 11.0 Å². The molecule has 1 aromatic heterocycles. The molecule has 124 valence electrons. The molecule has 0 unspecified atom stereocenters. The molecule has 0 amide bonds. The average molecular weight is 418 g/mol. The van der Waals surface area contributed by atoms with E-state index in [2.05, 4.69) is 27.2 Å². The molecule has 0 bridgehead atoms. The maximum Gasteiger partial charge on any atom is 0.194 e. The van der Waals surface area contributed by atoms with Gasteiger partial charge in [-0.3, -0.25) is 4.68 Å². The first-order valence-electron chi connectivity index (χ1n) is 8.09. The highest BCUT2D eigenvalue weighted by molar-refractivity contribution is 14.0. The molecular weight excluding hydrogens is 391 g/mol. The van der Waals surface area contributed by atoms with Crippen LogP contribution in [0, 0.1) is 5.41 Å². The van der Waals surface area contributed by atoms with Crippen LogP contribution in [0.15, 0.2) is 11.3 Å². The van der Waals surface area contributed by atoms with Gasteiger partial charge in [-0.25, -0.2) is 9.98 Å². The summed E-state index contributed by atoms with van der Waals surface area (Å²) < 4.78 is 1.79. The molecular formula is C15H27IN6. The van der Waals surface area contributed by atoms with Crippen LogP contribution >= 0.6 is 24.0 Å². The summed E-state index contributed by atoms with van der Waals surface area (Å²) in [6, 6.07) is 0. The van der Waals surface area contributed by atoms with Crippen LogP contribution in [0.25, 0.3) is 0 Å². The Morgan fingerprint density at radius 1 is 1.36 bits per heavy atom. The molecule has 1 N–H and O–H groups in total. The molecule has 1 aliphatic heterocycles. The zero-order chi connectivity index (χ0) is 14.7. The summed E-state index contributed by atoms with van der Waals surface area (Å²) in [6.07, 6.45) is 8.50. The highest BCUT2D eigenvalue weighted by Gasteiger charge is 2.41. The summed E-state index contributed by atoms with van der Waals surface area (Å²) in [7, 11) is 1.91. The van der Waals surface area contributed by atoms with Crippen molar-refractivity contribution >= 4 is 29.9 Å². The second-order valence-corrected chi connectivity index (χ2v) is 6.35. The van der Waals surface area contributed by atoms with Gasteiger partial charge in [0.05, 0.1) is 0 Å². The van der Waals surface area contributed by atoms with Gasteiger partial charge in [-0.05, 0) is 31.6 Å². The Balaban J connectivity index is 0.00000176. The van der Waals surface area contributed by atoms with E-state index in [4.69, 9.17) is 4.99 Å². The van der Waals surface area contributed by atoms with Gasteiger partial charge in [-0.2, -0.15) is 5.10 Å². The van der Waals surface area contributed by atoms with Gasteiger partial charge in [0.2, 0.25) is 0 Å². The predicted molar refractivity (Wildman–Crippen MR) is 98.3 cm³/mol. The molecule has 3 rings (SSSR count). The van der Waals surface area contributed by atoms with Gasteiger partial charge >= 0.3 is 0 Å². The van der Waals surface area contributed by atoms with Crippen LogP contribution in [-0.2, 0) is 13.6 Å². The Hall–Kier alpha value is -0.860. The van der Waals surface area contributed by atoms with E-state index in [0.29, 0.717) is 12.0 Å². The van der Waals surface area contributed by atoms with Crippen molar-refractivity contribution in [3.63, 3.8) is 0 Å². The zero-order valence-electron chi connectivity index (χ0n) is 13.6. The Morgan fingerprint density at radius 3 is 2.77 bits per heavy atom. The summed E-state index contributed by atoms with van der Waals surface area (Å²) in [4.78, 5) is 11.4. The number of guanidine groups is 1. The lowest BCUT2D eigenvalue weighted by Gasteiger charge is -2.25. The Morgan fingerprint density at radius 2 is 2.14 bits per heavy atom. The molecule has 2 aliphatic rings. The number of hydrogen-bond acceptors (Lipinski definition) is 3. The normalized spacial score (nSPS) is 20.5. The number of hydrogen-bond donors (Lipinski definition) is 1. The first-order valence-corrected chi connectivity index (χ1v) is 8.09. The first-order chi connectivity index (χ1) is 10.2. The summed E-state index contributed by atoms with van der Waals surface area (Å²) in [5.41, 5.74) is 0.570. The Bertz CT molecular complexity index is 506. The number of aliphatic imine (C=N–C) groups is 1. The van der Waals surface area contributed by atoms with Crippen molar-refractivity contribution < 1.29 is 0 Å². The second kappa shape index (κ2) is 7.61. The third kappa shape index (κ3) is 3.72. The molecule has 6 nitrogen and oxygen atoms in total. The number of likely N-dealkylation sites (tertiary alicyclic amines) is 1. The molecule has 1 aromatic rings. The highest BCUT2D eigenvalue weighted by atomic mass is 127. The standard InChI is InChI=1S/C15H26N6.HI/c1-3-16-14(17-10-13-18-12-19-20(13)2)21-9-8-15(11-21)6-4-5-7-15;/h12H,3-11H2,1-2H3,(H,16,17);1H. The van der Waals surface area contributed by atoms with Crippen molar-refractivity contribution in [2.24, 2.45) is 17.5 Å². The van der Waals surface area contributed by atoms with E-state index in [0.717, 1.165) is 31.4 Å². The van der Waals surface area contributed by atoms with Crippen LogP contribution in [-0.4, -0.2) is 45.3 Å². The van der Waals surface area contributed by atoms with E-state index in [1.165, 1.54) is 32.1 Å². The minimum Gasteiger partial charge on any atom is -0.357 e. The second-order valence-electron chi connectivity index (χ2n) is 6.35. The number of nitrogens with one attached hydrogen (secondary N) is 1. The van der Waals surface area contributed by atoms with E-state index >= 15 is 0 Å². The molecule has 22 heavy (non-hydrogen) atoms. The van der Waals surface area contributed by atoms with Crippen molar-refractivity contribution in [2.45, 2.75) is 45.6 Å². The summed E-state index contributed by atoms with van der Waals surface area (Å²) in [6.45, 7) is 5.91. The van der Waals surface area contributed by atoms with Gasteiger partial charge in [0.1, 0.15) is 18.7 Å². The molecule has 0 radical (unpaired) electrons. The monoisotopic (exact) mass is 418 g/mol. The maximum atomic E-state index is 4.76. The van der Waals surface area contributed by atoms with Crippen LogP contribution in [0.1, 0.15) is 44.9 Å². The SMILES string of the molecule is CCNC(=NCc1ncnn1C)N1CCC2(CCCC2)C1.I. The fourth-order valence-electron chi connectivity index (χ4n) is 3.68. The van der Waals surface area contributed by atoms with Gasteiger partial charge in [0, 0.05) is 26.7 Å². The number of halogens is 1. The molecule has 1 aliphatic carbocycles. The van der Waals surface area contributed by atoms with Gasteiger partial charge in [-0.15, -0.1) is 24.0 Å². The van der Waals surface area contributed by atoms with Crippen LogP contribution < -0.4 is 5.32 Å². The Kier molecular flexibility index (Phi) is 6.05. The topological polar surface area (TPSA) is 58.3 Å². The van der Waals surface area contributed by atoms with E-state index in [9.17, 15) is 0 Å². The lowest BCUT2D eigenvalue weighted by Crippen LogP contribution is -2.41. The van der Waals surface area contributed by atoms with Gasteiger partial charge < -0.3 is 10.2 Å². The van der Waals surface area contributed by atoms with E-state index in [1.807, 2.05) is 7.05 Å². The van der Waals surface area contributed by atoms with Gasteiger partial charge in [0.15, 0.2) is 5.96 Å². The summed E-state index contributed by atoms with van der Waals surface area (Å²) >= 11 is 0. The van der Waals surface area contributed by atoms with Crippen molar-refractivity contribution in [2.75, 3.05) is 19.6 Å². The quantitative estimate of drug-likeness (QED) is 0.465. The number of rotatable bonds is 3. The molecule has 1 saturated heterocycles. The van der Waals surface area contributed by atoms with Crippen LogP contribution in [0.3, 0.4) is 0 Å². The maximum absolute atomic E-state index is 4.76. The molecule has 1 spiro atoms. The number of aryl methyl sites for hydroxylation is 1. The zero-order valence-corrected chi connectivity index (χ0v) is 15.9. The lowest BCUT2D eigenvalue weighted by atomic mass is 9.86. The molecule has 2 heterocycles. The van der Waals surface area contributed by atoms with Crippen molar-refractivity contribution in [1.82, 2.24) is 25.0 Å². The Labute approximate surface area is 149 Å². The summed E-state index contributed by atoms with van der Waals surface area (Å²) in [5.74, 6) is 1.93. The number of aromatic nitrogens is 3. The fraction of sp³-hybridized carbons (Fsp3) is 0.800. The average Bonchev–Trinajstić information content (AvgIpc) is 3.19. The molecule has 0 aromatic carbocycles. The predicted octanol–water partition coefficient (Wildman–Crippen LogP) is 2.16. The van der Waals surface area contributed by atoms with E-state index < -0.39 is 0 Å². The summed E-state index contributed by atoms with van der Waals surface area (Å²) in [5, 5.41) is 7.53. The molecule has 7 heteroatoms. The first kappa shape index (κ1) is 17.5. The highest BCUT2D eigenvalue weighted by Crippen LogP contribution is 2.45. The smallest absolute Gasteiger partial charge is 0.194 e.